The van der Waals surface area contributed by atoms with Crippen molar-refractivity contribution in [2.75, 3.05) is 0 Å². The van der Waals surface area contributed by atoms with Gasteiger partial charge in [0.2, 0.25) is 0 Å². The molecule has 0 aliphatic rings. The fraction of sp³-hybridized carbons (Fsp3) is 0.364. The van der Waals surface area contributed by atoms with Crippen LogP contribution in [0, 0.1) is 13.8 Å². The molecule has 1 rings (SSSR count). The van der Waals surface area contributed by atoms with Crippen molar-refractivity contribution in [2.24, 2.45) is 0 Å². The molecule has 0 unspecified atom stereocenters. The van der Waals surface area contributed by atoms with Gasteiger partial charge in [0.15, 0.2) is 0 Å². The molecule has 1 nitrogen and oxygen atoms in total. The van der Waals surface area contributed by atoms with Gasteiger partial charge in [0.05, 0.1) is 5.69 Å². The summed E-state index contributed by atoms with van der Waals surface area (Å²) < 4.78 is 0. The van der Waals surface area contributed by atoms with Gasteiger partial charge in [0.25, 0.3) is 0 Å². The molecular weight excluding hydrogens is 146 g/mol. The van der Waals surface area contributed by atoms with Crippen molar-refractivity contribution in [3.05, 3.63) is 35.2 Å². The normalized spacial score (nSPS) is 11.8. The molecule has 0 atom stereocenters. The highest BCUT2D eigenvalue weighted by atomic mass is 14.7. The number of aryl methyl sites for hydroxylation is 2. The van der Waals surface area contributed by atoms with Crippen molar-refractivity contribution in [3.63, 3.8) is 0 Å². The van der Waals surface area contributed by atoms with Crippen LogP contribution in [0.25, 0.3) is 5.57 Å². The van der Waals surface area contributed by atoms with Crippen molar-refractivity contribution < 1.29 is 0 Å². The van der Waals surface area contributed by atoms with E-state index in [1.165, 1.54) is 11.1 Å². The Morgan fingerprint density at radius 2 is 2.00 bits per heavy atom. The molecule has 0 N–H and O–H groups in total. The number of nitrogens with zero attached hydrogens (tertiary/aromatic N) is 1. The van der Waals surface area contributed by atoms with Gasteiger partial charge in [0, 0.05) is 5.69 Å². The molecule has 0 amide bonds. The summed E-state index contributed by atoms with van der Waals surface area (Å²) in [5.41, 5.74) is 4.69. The molecule has 0 bridgehead atoms. The van der Waals surface area contributed by atoms with Gasteiger partial charge >= 0.3 is 0 Å². The van der Waals surface area contributed by atoms with E-state index in [1.54, 1.807) is 0 Å². The van der Waals surface area contributed by atoms with E-state index in [0.717, 1.165) is 11.4 Å². The smallest absolute Gasteiger partial charge is 0.0658 e. The van der Waals surface area contributed by atoms with Crippen LogP contribution in [0.5, 0.6) is 0 Å². The fourth-order valence-electron chi connectivity index (χ4n) is 0.998. The van der Waals surface area contributed by atoms with Crippen LogP contribution in [0.4, 0.5) is 0 Å². The van der Waals surface area contributed by atoms with E-state index >= 15 is 0 Å². The lowest BCUT2D eigenvalue weighted by atomic mass is 10.1. The first kappa shape index (κ1) is 8.98. The molecule has 0 aromatic carbocycles. The lowest BCUT2D eigenvalue weighted by molar-refractivity contribution is 1.12. The van der Waals surface area contributed by atoms with Crippen LogP contribution in [-0.2, 0) is 0 Å². The summed E-state index contributed by atoms with van der Waals surface area (Å²) in [5.74, 6) is 0. The standard InChI is InChI=1S/C11H15N/c1-5-8(2)11-7-6-9(3)10(4)12-11/h5-7H,1-4H3/b8-5-. The van der Waals surface area contributed by atoms with Crippen LogP contribution in [-0.4, -0.2) is 4.98 Å². The summed E-state index contributed by atoms with van der Waals surface area (Å²) >= 11 is 0. The van der Waals surface area contributed by atoms with E-state index in [0.29, 0.717) is 0 Å². The molecule has 0 radical (unpaired) electrons. The average molecular weight is 161 g/mol. The van der Waals surface area contributed by atoms with Gasteiger partial charge in [-0.2, -0.15) is 0 Å². The third-order valence-electron chi connectivity index (χ3n) is 2.19. The second-order valence-corrected chi connectivity index (χ2v) is 3.07. The summed E-state index contributed by atoms with van der Waals surface area (Å²) in [5, 5.41) is 0. The van der Waals surface area contributed by atoms with Crippen molar-refractivity contribution in [1.29, 1.82) is 0 Å². The minimum atomic E-state index is 1.08. The fourth-order valence-corrected chi connectivity index (χ4v) is 0.998. The Hall–Kier alpha value is -1.11. The first-order valence-corrected chi connectivity index (χ1v) is 4.22. The minimum Gasteiger partial charge on any atom is -0.253 e. The molecule has 0 saturated heterocycles. The highest BCUT2D eigenvalue weighted by Gasteiger charge is 1.98. The zero-order chi connectivity index (χ0) is 9.14. The molecule has 0 aliphatic carbocycles. The Morgan fingerprint density at radius 1 is 1.33 bits per heavy atom. The van der Waals surface area contributed by atoms with Crippen LogP contribution in [0.3, 0.4) is 0 Å². The van der Waals surface area contributed by atoms with Crippen LogP contribution < -0.4 is 0 Å². The SMILES string of the molecule is C/C=C(/C)c1ccc(C)c(C)n1. The molecule has 0 fully saturated rings. The molecule has 1 heteroatoms. The molecule has 64 valence electrons. The van der Waals surface area contributed by atoms with E-state index < -0.39 is 0 Å². The lowest BCUT2D eigenvalue weighted by Crippen LogP contribution is -1.91. The number of allylic oxidation sites excluding steroid dienone is 2. The average Bonchev–Trinajstić information content (AvgIpc) is 2.08. The summed E-state index contributed by atoms with van der Waals surface area (Å²) in [4.78, 5) is 4.48. The molecule has 0 spiro atoms. The number of aromatic nitrogens is 1. The Bertz CT molecular complexity index is 311. The van der Waals surface area contributed by atoms with Crippen LogP contribution in [0.1, 0.15) is 30.8 Å². The van der Waals surface area contributed by atoms with Gasteiger partial charge in [-0.05, 0) is 44.9 Å². The molecule has 1 aromatic rings. The van der Waals surface area contributed by atoms with Crippen molar-refractivity contribution in [1.82, 2.24) is 4.98 Å². The second-order valence-electron chi connectivity index (χ2n) is 3.07. The Kier molecular flexibility index (Phi) is 2.64. The molecule has 1 heterocycles. The number of hydrogen-bond donors (Lipinski definition) is 0. The van der Waals surface area contributed by atoms with E-state index in [4.69, 9.17) is 0 Å². The first-order chi connectivity index (χ1) is 5.65. The van der Waals surface area contributed by atoms with E-state index in [1.807, 2.05) is 13.8 Å². The number of rotatable bonds is 1. The Balaban J connectivity index is 3.13. The van der Waals surface area contributed by atoms with Gasteiger partial charge in [0.1, 0.15) is 0 Å². The van der Waals surface area contributed by atoms with E-state index in [2.05, 4.69) is 37.0 Å². The molecule has 0 aliphatic heterocycles. The lowest BCUT2D eigenvalue weighted by Gasteiger charge is -2.03. The first-order valence-electron chi connectivity index (χ1n) is 4.22. The van der Waals surface area contributed by atoms with Crippen LogP contribution in [0.15, 0.2) is 18.2 Å². The maximum atomic E-state index is 4.48. The summed E-state index contributed by atoms with van der Waals surface area (Å²) in [6, 6.07) is 4.18. The van der Waals surface area contributed by atoms with E-state index in [9.17, 15) is 0 Å². The number of hydrogen-bond acceptors (Lipinski definition) is 1. The topological polar surface area (TPSA) is 12.9 Å². The van der Waals surface area contributed by atoms with Crippen LogP contribution >= 0.6 is 0 Å². The summed E-state index contributed by atoms with van der Waals surface area (Å²) in [6.45, 7) is 8.24. The highest BCUT2D eigenvalue weighted by molar-refractivity contribution is 5.60. The van der Waals surface area contributed by atoms with Gasteiger partial charge in [-0.3, -0.25) is 4.98 Å². The van der Waals surface area contributed by atoms with Crippen molar-refractivity contribution in [3.8, 4) is 0 Å². The van der Waals surface area contributed by atoms with Gasteiger partial charge in [-0.1, -0.05) is 12.1 Å². The minimum absolute atomic E-state index is 1.08. The van der Waals surface area contributed by atoms with Gasteiger partial charge in [-0.15, -0.1) is 0 Å². The monoisotopic (exact) mass is 161 g/mol. The largest absolute Gasteiger partial charge is 0.253 e. The van der Waals surface area contributed by atoms with Crippen molar-refractivity contribution in [2.45, 2.75) is 27.7 Å². The quantitative estimate of drug-likeness (QED) is 0.616. The molecule has 12 heavy (non-hydrogen) atoms. The zero-order valence-electron chi connectivity index (χ0n) is 8.18. The second kappa shape index (κ2) is 3.53. The third kappa shape index (κ3) is 1.73. The van der Waals surface area contributed by atoms with Crippen molar-refractivity contribution >= 4 is 5.57 Å². The highest BCUT2D eigenvalue weighted by Crippen LogP contribution is 2.12. The summed E-state index contributed by atoms with van der Waals surface area (Å²) in [7, 11) is 0. The van der Waals surface area contributed by atoms with Crippen LogP contribution in [0.2, 0.25) is 0 Å². The zero-order valence-corrected chi connectivity index (χ0v) is 8.18. The maximum Gasteiger partial charge on any atom is 0.0658 e. The summed E-state index contributed by atoms with van der Waals surface area (Å²) in [6.07, 6.45) is 2.08. The predicted octanol–water partition coefficient (Wildman–Crippen LogP) is 3.12. The maximum absolute atomic E-state index is 4.48. The molecule has 1 aromatic heterocycles. The predicted molar refractivity (Wildman–Crippen MR) is 53.0 cm³/mol. The Morgan fingerprint density at radius 3 is 2.50 bits per heavy atom. The molecular formula is C11H15N. The van der Waals surface area contributed by atoms with E-state index in [-0.39, 0.29) is 0 Å². The third-order valence-corrected chi connectivity index (χ3v) is 2.19. The molecule has 0 saturated carbocycles. The Labute approximate surface area is 74.2 Å². The van der Waals surface area contributed by atoms with Gasteiger partial charge in [-0.25, -0.2) is 0 Å². The van der Waals surface area contributed by atoms with Gasteiger partial charge < -0.3 is 0 Å². The number of pyridine rings is 1.